The summed E-state index contributed by atoms with van der Waals surface area (Å²) in [6, 6.07) is 3.50. The zero-order chi connectivity index (χ0) is 14.9. The summed E-state index contributed by atoms with van der Waals surface area (Å²) in [6.07, 6.45) is 2.39. The van der Waals surface area contributed by atoms with Crippen molar-refractivity contribution < 1.29 is 13.2 Å². The van der Waals surface area contributed by atoms with E-state index in [-0.39, 0.29) is 0 Å². The second kappa shape index (κ2) is 5.83. The number of aromatic nitrogens is 1. The Bertz CT molecular complexity index is 462. The molecule has 21 heavy (non-hydrogen) atoms. The highest BCUT2D eigenvalue weighted by atomic mass is 19.4. The second-order valence-corrected chi connectivity index (χ2v) is 5.93. The van der Waals surface area contributed by atoms with Crippen LogP contribution < -0.4 is 10.2 Å². The lowest BCUT2D eigenvalue weighted by atomic mass is 10.0. The van der Waals surface area contributed by atoms with Crippen LogP contribution in [0.2, 0.25) is 0 Å². The minimum Gasteiger partial charge on any atom is -0.352 e. The molecular weight excluding hydrogens is 279 g/mol. The summed E-state index contributed by atoms with van der Waals surface area (Å²) in [5, 5.41) is 3.49. The molecule has 1 aromatic heterocycles. The van der Waals surface area contributed by atoms with Crippen LogP contribution >= 0.6 is 0 Å². The lowest BCUT2D eigenvalue weighted by molar-refractivity contribution is -0.137. The van der Waals surface area contributed by atoms with Gasteiger partial charge >= 0.3 is 6.18 Å². The summed E-state index contributed by atoms with van der Waals surface area (Å²) in [5.41, 5.74) is -0.683. The van der Waals surface area contributed by atoms with Crippen LogP contribution in [0.15, 0.2) is 18.3 Å². The maximum Gasteiger partial charge on any atom is 0.417 e. The summed E-state index contributed by atoms with van der Waals surface area (Å²) in [5.74, 6) is 0.665. The molecular formula is C15H20F3N3. The Morgan fingerprint density at radius 3 is 2.52 bits per heavy atom. The molecule has 116 valence electrons. The normalized spacial score (nSPS) is 23.1. The predicted octanol–water partition coefficient (Wildman–Crippen LogP) is 3.21. The van der Waals surface area contributed by atoms with E-state index in [1.54, 1.807) is 0 Å². The molecule has 1 saturated carbocycles. The van der Waals surface area contributed by atoms with Crippen LogP contribution in [0.5, 0.6) is 0 Å². The number of nitrogens with one attached hydrogen (secondary N) is 1. The van der Waals surface area contributed by atoms with Crippen molar-refractivity contribution in [3.63, 3.8) is 0 Å². The van der Waals surface area contributed by atoms with Gasteiger partial charge in [-0.2, -0.15) is 13.2 Å². The van der Waals surface area contributed by atoms with Crippen LogP contribution in [0.4, 0.5) is 19.0 Å². The lowest BCUT2D eigenvalue weighted by Gasteiger charge is -2.31. The zero-order valence-electron chi connectivity index (χ0n) is 11.9. The van der Waals surface area contributed by atoms with Crippen molar-refractivity contribution in [3.8, 4) is 0 Å². The van der Waals surface area contributed by atoms with Crippen LogP contribution in [0.1, 0.15) is 37.7 Å². The molecule has 1 aromatic rings. The second-order valence-electron chi connectivity index (χ2n) is 5.93. The number of halogens is 3. The lowest BCUT2D eigenvalue weighted by Crippen LogP contribution is -2.44. The van der Waals surface area contributed by atoms with Gasteiger partial charge in [0.1, 0.15) is 5.82 Å². The van der Waals surface area contributed by atoms with E-state index in [1.165, 1.54) is 18.9 Å². The zero-order valence-corrected chi connectivity index (χ0v) is 11.9. The van der Waals surface area contributed by atoms with Crippen molar-refractivity contribution in [1.29, 1.82) is 0 Å². The molecule has 1 aliphatic carbocycles. The summed E-state index contributed by atoms with van der Waals surface area (Å²) >= 11 is 0. The monoisotopic (exact) mass is 299 g/mol. The van der Waals surface area contributed by atoms with E-state index in [1.807, 2.05) is 0 Å². The van der Waals surface area contributed by atoms with E-state index >= 15 is 0 Å². The number of hydrogen-bond donors (Lipinski definition) is 1. The van der Waals surface area contributed by atoms with Crippen molar-refractivity contribution in [2.45, 2.75) is 50.4 Å². The maximum absolute atomic E-state index is 12.6. The highest BCUT2D eigenvalue weighted by Crippen LogP contribution is 2.33. The maximum atomic E-state index is 12.6. The van der Waals surface area contributed by atoms with Crippen molar-refractivity contribution in [1.82, 2.24) is 10.3 Å². The van der Waals surface area contributed by atoms with E-state index in [0.29, 0.717) is 17.9 Å². The fourth-order valence-corrected chi connectivity index (χ4v) is 2.86. The van der Waals surface area contributed by atoms with Crippen LogP contribution in [0.25, 0.3) is 0 Å². The van der Waals surface area contributed by atoms with E-state index < -0.39 is 11.7 Å². The standard InChI is InChI=1S/C15H20F3N3/c16-15(17,18)11-4-7-14(20-9-11)21(13-5-6-13)10-12-3-1-2-8-19-12/h4,7,9,12-13,19H,1-3,5-6,8,10H2. The van der Waals surface area contributed by atoms with Crippen molar-refractivity contribution in [2.24, 2.45) is 0 Å². The first kappa shape index (κ1) is 14.6. The number of alkyl halides is 3. The molecule has 0 spiro atoms. The third kappa shape index (κ3) is 3.67. The Morgan fingerprint density at radius 2 is 2.00 bits per heavy atom. The molecule has 2 aliphatic rings. The van der Waals surface area contributed by atoms with E-state index in [0.717, 1.165) is 44.6 Å². The van der Waals surface area contributed by atoms with Gasteiger partial charge in [0, 0.05) is 24.8 Å². The van der Waals surface area contributed by atoms with Crippen LogP contribution in [0.3, 0.4) is 0 Å². The molecule has 0 radical (unpaired) electrons. The highest BCUT2D eigenvalue weighted by molar-refractivity contribution is 5.43. The summed E-state index contributed by atoms with van der Waals surface area (Å²) in [4.78, 5) is 6.22. The van der Waals surface area contributed by atoms with E-state index in [4.69, 9.17) is 0 Å². The average Bonchev–Trinajstić information content (AvgIpc) is 3.30. The largest absolute Gasteiger partial charge is 0.417 e. The predicted molar refractivity (Wildman–Crippen MR) is 75.2 cm³/mol. The van der Waals surface area contributed by atoms with Gasteiger partial charge in [0.15, 0.2) is 0 Å². The minimum absolute atomic E-state index is 0.420. The van der Waals surface area contributed by atoms with Crippen LogP contribution in [0, 0.1) is 0 Å². The van der Waals surface area contributed by atoms with Gasteiger partial charge in [0.05, 0.1) is 5.56 Å². The Morgan fingerprint density at radius 1 is 1.19 bits per heavy atom. The first-order valence-electron chi connectivity index (χ1n) is 7.57. The fourth-order valence-electron chi connectivity index (χ4n) is 2.86. The molecule has 3 nitrogen and oxygen atoms in total. The van der Waals surface area contributed by atoms with Gasteiger partial charge in [-0.3, -0.25) is 0 Å². The molecule has 1 N–H and O–H groups in total. The van der Waals surface area contributed by atoms with Crippen LogP contribution in [-0.4, -0.2) is 30.2 Å². The Kier molecular flexibility index (Phi) is 4.06. The van der Waals surface area contributed by atoms with E-state index in [9.17, 15) is 13.2 Å². The molecule has 0 aromatic carbocycles. The first-order chi connectivity index (χ1) is 10.0. The van der Waals surface area contributed by atoms with Crippen molar-refractivity contribution >= 4 is 5.82 Å². The smallest absolute Gasteiger partial charge is 0.352 e. The molecule has 1 unspecified atom stereocenters. The van der Waals surface area contributed by atoms with E-state index in [2.05, 4.69) is 15.2 Å². The molecule has 1 saturated heterocycles. The summed E-state index contributed by atoms with van der Waals surface area (Å²) in [6.45, 7) is 1.87. The number of anilines is 1. The highest BCUT2D eigenvalue weighted by Gasteiger charge is 2.34. The average molecular weight is 299 g/mol. The summed E-state index contributed by atoms with van der Waals surface area (Å²) < 4.78 is 37.8. The first-order valence-corrected chi connectivity index (χ1v) is 7.57. The van der Waals surface area contributed by atoms with Crippen molar-refractivity contribution in [3.05, 3.63) is 23.9 Å². The molecule has 1 atom stereocenters. The van der Waals surface area contributed by atoms with Gasteiger partial charge in [0.25, 0.3) is 0 Å². The Labute approximate surface area is 122 Å². The molecule has 0 bridgehead atoms. The molecule has 2 fully saturated rings. The van der Waals surface area contributed by atoms with Crippen molar-refractivity contribution in [2.75, 3.05) is 18.0 Å². The fraction of sp³-hybridized carbons (Fsp3) is 0.667. The third-order valence-electron chi connectivity index (χ3n) is 4.19. The summed E-state index contributed by atoms with van der Waals surface area (Å²) in [7, 11) is 0. The quantitative estimate of drug-likeness (QED) is 0.925. The van der Waals surface area contributed by atoms with Gasteiger partial charge < -0.3 is 10.2 Å². The Balaban J connectivity index is 1.71. The molecule has 1 aliphatic heterocycles. The molecule has 3 rings (SSSR count). The molecule has 6 heteroatoms. The third-order valence-corrected chi connectivity index (χ3v) is 4.19. The van der Waals surface area contributed by atoms with Gasteiger partial charge in [-0.05, 0) is 44.4 Å². The number of pyridine rings is 1. The number of hydrogen-bond acceptors (Lipinski definition) is 3. The topological polar surface area (TPSA) is 28.2 Å². The SMILES string of the molecule is FC(F)(F)c1ccc(N(CC2CCCCN2)C2CC2)nc1. The number of piperidine rings is 1. The van der Waals surface area contributed by atoms with Gasteiger partial charge in [-0.25, -0.2) is 4.98 Å². The Hall–Kier alpha value is -1.30. The van der Waals surface area contributed by atoms with Crippen LogP contribution in [-0.2, 0) is 6.18 Å². The van der Waals surface area contributed by atoms with Gasteiger partial charge in [0.2, 0.25) is 0 Å². The number of rotatable bonds is 4. The molecule has 0 amide bonds. The van der Waals surface area contributed by atoms with Gasteiger partial charge in [-0.1, -0.05) is 6.42 Å². The number of nitrogens with zero attached hydrogens (tertiary/aromatic N) is 2. The molecule has 2 heterocycles. The minimum atomic E-state index is -4.32. The van der Waals surface area contributed by atoms with Gasteiger partial charge in [-0.15, -0.1) is 0 Å².